The molecule has 3 rings (SSSR count). The normalized spacial score (nSPS) is 12.9. The second-order valence-electron chi connectivity index (χ2n) is 4.83. The first-order chi connectivity index (χ1) is 10.2. The summed E-state index contributed by atoms with van der Waals surface area (Å²) in [6, 6.07) is 8.62. The quantitative estimate of drug-likeness (QED) is 0.686. The lowest BCUT2D eigenvalue weighted by Gasteiger charge is -2.17. The summed E-state index contributed by atoms with van der Waals surface area (Å²) in [5.41, 5.74) is 0.415. The fraction of sp³-hybridized carbons (Fsp3) is 0.250. The fourth-order valence-electron chi connectivity index (χ4n) is 2.40. The number of hydrogen-bond acceptors (Lipinski definition) is 3. The average molecular weight is 323 g/mol. The molecule has 2 aromatic heterocycles. The van der Waals surface area contributed by atoms with Crippen molar-refractivity contribution < 1.29 is 8.78 Å². The van der Waals surface area contributed by atoms with Gasteiger partial charge >= 0.3 is 0 Å². The minimum Gasteiger partial charge on any atom is -0.309 e. The van der Waals surface area contributed by atoms with Crippen molar-refractivity contribution in [3.63, 3.8) is 0 Å². The topological polar surface area (TPSA) is 12.0 Å². The summed E-state index contributed by atoms with van der Waals surface area (Å²) in [4.78, 5) is 1.17. The Morgan fingerprint density at radius 1 is 1.19 bits per heavy atom. The van der Waals surface area contributed by atoms with E-state index in [1.54, 1.807) is 34.8 Å². The lowest BCUT2D eigenvalue weighted by atomic mass is 10.0. The van der Waals surface area contributed by atoms with Gasteiger partial charge in [-0.25, -0.2) is 8.78 Å². The highest BCUT2D eigenvalue weighted by atomic mass is 32.1. The van der Waals surface area contributed by atoms with Gasteiger partial charge in [-0.3, -0.25) is 0 Å². The molecular weight excluding hydrogens is 308 g/mol. The van der Waals surface area contributed by atoms with Crippen molar-refractivity contribution in [1.82, 2.24) is 5.32 Å². The van der Waals surface area contributed by atoms with Crippen LogP contribution in [0.15, 0.2) is 35.7 Å². The molecule has 3 aromatic rings. The van der Waals surface area contributed by atoms with Crippen LogP contribution in [0, 0.1) is 11.6 Å². The van der Waals surface area contributed by atoms with Crippen LogP contribution in [-0.2, 0) is 6.42 Å². The van der Waals surface area contributed by atoms with Crippen molar-refractivity contribution in [3.8, 4) is 0 Å². The summed E-state index contributed by atoms with van der Waals surface area (Å²) in [5.74, 6) is -1.52. The fourth-order valence-corrected chi connectivity index (χ4v) is 4.60. The summed E-state index contributed by atoms with van der Waals surface area (Å²) in [5, 5.41) is 5.44. The lowest BCUT2D eigenvalue weighted by Crippen LogP contribution is -2.22. The molecule has 0 spiro atoms. The Morgan fingerprint density at radius 3 is 2.81 bits per heavy atom. The smallest absolute Gasteiger partial charge is 0.162 e. The van der Waals surface area contributed by atoms with Crippen LogP contribution in [0.25, 0.3) is 9.40 Å². The molecule has 110 valence electrons. The van der Waals surface area contributed by atoms with Crippen molar-refractivity contribution in [3.05, 3.63) is 57.8 Å². The summed E-state index contributed by atoms with van der Waals surface area (Å²) in [6.07, 6.45) is 0.450. The van der Waals surface area contributed by atoms with Gasteiger partial charge in [0, 0.05) is 20.3 Å². The van der Waals surface area contributed by atoms with Gasteiger partial charge in [0.25, 0.3) is 0 Å². The molecule has 0 fully saturated rings. The SMILES string of the molecule is CCNC(Cc1cccc(F)c1F)c1cc2sccc2s1. The van der Waals surface area contributed by atoms with Gasteiger partial charge in [-0.05, 0) is 42.1 Å². The third kappa shape index (κ3) is 3.00. The van der Waals surface area contributed by atoms with E-state index in [-0.39, 0.29) is 6.04 Å². The predicted molar refractivity (Wildman–Crippen MR) is 86.2 cm³/mol. The zero-order chi connectivity index (χ0) is 14.8. The molecule has 0 radical (unpaired) electrons. The minimum absolute atomic E-state index is 0.0101. The summed E-state index contributed by atoms with van der Waals surface area (Å²) in [7, 11) is 0. The molecule has 1 aromatic carbocycles. The van der Waals surface area contributed by atoms with Gasteiger partial charge in [-0.2, -0.15) is 0 Å². The van der Waals surface area contributed by atoms with Crippen LogP contribution in [0.3, 0.4) is 0 Å². The van der Waals surface area contributed by atoms with Crippen LogP contribution in [-0.4, -0.2) is 6.54 Å². The van der Waals surface area contributed by atoms with Gasteiger partial charge in [-0.1, -0.05) is 19.1 Å². The van der Waals surface area contributed by atoms with Gasteiger partial charge in [0.05, 0.1) is 0 Å². The van der Waals surface area contributed by atoms with E-state index >= 15 is 0 Å². The Labute approximate surface area is 130 Å². The Hall–Kier alpha value is -1.30. The van der Waals surface area contributed by atoms with Gasteiger partial charge in [-0.15, -0.1) is 22.7 Å². The largest absolute Gasteiger partial charge is 0.309 e. The number of nitrogens with one attached hydrogen (secondary N) is 1. The van der Waals surface area contributed by atoms with Crippen molar-refractivity contribution >= 4 is 32.1 Å². The van der Waals surface area contributed by atoms with E-state index in [2.05, 4.69) is 22.8 Å². The van der Waals surface area contributed by atoms with Crippen LogP contribution < -0.4 is 5.32 Å². The van der Waals surface area contributed by atoms with E-state index in [9.17, 15) is 8.78 Å². The summed E-state index contributed by atoms with van der Waals surface area (Å²) < 4.78 is 29.7. The number of halogens is 2. The Morgan fingerprint density at radius 2 is 2.05 bits per heavy atom. The Balaban J connectivity index is 1.90. The molecule has 1 atom stereocenters. The molecular formula is C16H15F2NS2. The molecule has 0 amide bonds. The molecule has 1 N–H and O–H groups in total. The van der Waals surface area contributed by atoms with E-state index in [0.29, 0.717) is 12.0 Å². The average Bonchev–Trinajstić information content (AvgIpc) is 3.04. The minimum atomic E-state index is -0.782. The lowest BCUT2D eigenvalue weighted by molar-refractivity contribution is 0.483. The highest BCUT2D eigenvalue weighted by molar-refractivity contribution is 7.26. The number of benzene rings is 1. The number of thiophene rings is 2. The van der Waals surface area contributed by atoms with Crippen LogP contribution >= 0.6 is 22.7 Å². The maximum Gasteiger partial charge on any atom is 0.162 e. The second kappa shape index (κ2) is 6.22. The predicted octanol–water partition coefficient (Wildman–Crippen LogP) is 5.13. The van der Waals surface area contributed by atoms with E-state index < -0.39 is 11.6 Å². The van der Waals surface area contributed by atoms with E-state index in [1.165, 1.54) is 14.3 Å². The van der Waals surface area contributed by atoms with Crippen LogP contribution in [0.5, 0.6) is 0 Å². The molecule has 0 saturated heterocycles. The number of likely N-dealkylation sites (N-methyl/N-ethyl adjacent to an activating group) is 1. The van der Waals surface area contributed by atoms with Crippen LogP contribution in [0.4, 0.5) is 8.78 Å². The monoisotopic (exact) mass is 323 g/mol. The van der Waals surface area contributed by atoms with Crippen molar-refractivity contribution in [1.29, 1.82) is 0 Å². The van der Waals surface area contributed by atoms with Gasteiger partial charge in [0.15, 0.2) is 11.6 Å². The number of rotatable bonds is 5. The first-order valence-electron chi connectivity index (χ1n) is 6.82. The zero-order valence-electron chi connectivity index (χ0n) is 11.5. The first kappa shape index (κ1) is 14.6. The van der Waals surface area contributed by atoms with Crippen LogP contribution in [0.1, 0.15) is 23.4 Å². The molecule has 1 unspecified atom stereocenters. The highest BCUT2D eigenvalue weighted by Crippen LogP contribution is 2.34. The van der Waals surface area contributed by atoms with Crippen molar-refractivity contribution in [2.24, 2.45) is 0 Å². The Bertz CT molecular complexity index is 719. The third-order valence-electron chi connectivity index (χ3n) is 3.41. The van der Waals surface area contributed by atoms with E-state index in [4.69, 9.17) is 0 Å². The molecule has 0 aliphatic heterocycles. The molecule has 21 heavy (non-hydrogen) atoms. The van der Waals surface area contributed by atoms with Gasteiger partial charge in [0.1, 0.15) is 0 Å². The molecule has 0 saturated carbocycles. The maximum absolute atomic E-state index is 13.9. The van der Waals surface area contributed by atoms with E-state index in [0.717, 1.165) is 12.6 Å². The summed E-state index contributed by atoms with van der Waals surface area (Å²) >= 11 is 3.42. The molecule has 0 bridgehead atoms. The van der Waals surface area contributed by atoms with Crippen LogP contribution in [0.2, 0.25) is 0 Å². The number of hydrogen-bond donors (Lipinski definition) is 1. The van der Waals surface area contributed by atoms with Gasteiger partial charge in [0.2, 0.25) is 0 Å². The van der Waals surface area contributed by atoms with Gasteiger partial charge < -0.3 is 5.32 Å². The standard InChI is InChI=1S/C16H15F2NS2/c1-2-19-12(8-10-4-3-5-11(17)16(10)18)14-9-15-13(21-14)6-7-20-15/h3-7,9,12,19H,2,8H2,1H3. The maximum atomic E-state index is 13.9. The zero-order valence-corrected chi connectivity index (χ0v) is 13.2. The highest BCUT2D eigenvalue weighted by Gasteiger charge is 2.18. The Kier molecular flexibility index (Phi) is 4.33. The first-order valence-corrected chi connectivity index (χ1v) is 8.52. The molecule has 0 aliphatic rings. The third-order valence-corrected chi connectivity index (χ3v) is 5.62. The molecule has 2 heterocycles. The number of fused-ring (bicyclic) bond motifs is 1. The molecule has 5 heteroatoms. The van der Waals surface area contributed by atoms with Crippen molar-refractivity contribution in [2.45, 2.75) is 19.4 Å². The van der Waals surface area contributed by atoms with E-state index in [1.807, 2.05) is 6.92 Å². The second-order valence-corrected chi connectivity index (χ2v) is 6.89. The summed E-state index contributed by atoms with van der Waals surface area (Å²) in [6.45, 7) is 2.80. The molecule has 0 aliphatic carbocycles. The molecule has 1 nitrogen and oxygen atoms in total. The van der Waals surface area contributed by atoms with Crippen molar-refractivity contribution in [2.75, 3.05) is 6.54 Å².